The third-order valence-electron chi connectivity index (χ3n) is 5.29. The smallest absolute Gasteiger partial charge is 0.264 e. The van der Waals surface area contributed by atoms with E-state index < -0.39 is 11.5 Å². The molecular formula is C24H20BrNO3. The van der Waals surface area contributed by atoms with Gasteiger partial charge in [0.25, 0.3) is 5.91 Å². The summed E-state index contributed by atoms with van der Waals surface area (Å²) in [4.78, 5) is 27.6. The molecule has 0 fully saturated rings. The number of carbonyl (C=O) groups is 2. The molecule has 1 atom stereocenters. The molecule has 1 aliphatic heterocycles. The van der Waals surface area contributed by atoms with Crippen LogP contribution in [-0.4, -0.2) is 23.3 Å². The van der Waals surface area contributed by atoms with E-state index in [4.69, 9.17) is 0 Å². The number of aliphatic hydroxyl groups is 1. The number of rotatable bonds is 6. The van der Waals surface area contributed by atoms with Gasteiger partial charge in [-0.25, -0.2) is 0 Å². The minimum absolute atomic E-state index is 0.270. The number of halogens is 1. The second-order valence-electron chi connectivity index (χ2n) is 7.18. The standard InChI is InChI=1S/C24H20BrNO3/c25-19-12-10-18(11-13-19)22(27)16-24(29)20-8-4-5-9-21(20)26(23(24)28)15-14-17-6-2-1-3-7-17/h1-13,29H,14-16H2. The number of hydrogen-bond donors (Lipinski definition) is 1. The van der Waals surface area contributed by atoms with E-state index in [0.717, 1.165) is 10.0 Å². The molecule has 5 heteroatoms. The van der Waals surface area contributed by atoms with Crippen LogP contribution in [0, 0.1) is 0 Å². The summed E-state index contributed by atoms with van der Waals surface area (Å²) in [7, 11) is 0. The minimum atomic E-state index is -1.85. The van der Waals surface area contributed by atoms with Crippen molar-refractivity contribution in [1.82, 2.24) is 0 Å². The number of carbonyl (C=O) groups excluding carboxylic acids is 2. The van der Waals surface area contributed by atoms with Gasteiger partial charge in [-0.15, -0.1) is 0 Å². The molecule has 4 nitrogen and oxygen atoms in total. The van der Waals surface area contributed by atoms with Crippen LogP contribution < -0.4 is 4.90 Å². The highest BCUT2D eigenvalue weighted by Gasteiger charge is 2.50. The summed E-state index contributed by atoms with van der Waals surface area (Å²) in [5.41, 5.74) is 0.883. The molecule has 3 aromatic rings. The zero-order valence-electron chi connectivity index (χ0n) is 15.7. The highest BCUT2D eigenvalue weighted by Crippen LogP contribution is 2.42. The summed E-state index contributed by atoms with van der Waals surface area (Å²) >= 11 is 3.35. The molecule has 0 aromatic heterocycles. The Hall–Kier alpha value is -2.76. The molecule has 1 unspecified atom stereocenters. The van der Waals surface area contributed by atoms with Gasteiger partial charge in [0.05, 0.1) is 12.1 Å². The number of nitrogens with zero attached hydrogens (tertiary/aromatic N) is 1. The monoisotopic (exact) mass is 449 g/mol. The Balaban J connectivity index is 1.60. The van der Waals surface area contributed by atoms with Crippen LogP contribution in [0.25, 0.3) is 0 Å². The first-order valence-electron chi connectivity index (χ1n) is 9.45. The van der Waals surface area contributed by atoms with Gasteiger partial charge in [0.2, 0.25) is 0 Å². The number of hydrogen-bond acceptors (Lipinski definition) is 3. The van der Waals surface area contributed by atoms with Gasteiger partial charge in [-0.1, -0.05) is 76.6 Å². The van der Waals surface area contributed by atoms with E-state index in [9.17, 15) is 14.7 Å². The van der Waals surface area contributed by atoms with E-state index in [1.165, 1.54) is 0 Å². The van der Waals surface area contributed by atoms with E-state index in [0.29, 0.717) is 29.8 Å². The van der Waals surface area contributed by atoms with Gasteiger partial charge in [0.1, 0.15) is 0 Å². The molecular weight excluding hydrogens is 430 g/mol. The van der Waals surface area contributed by atoms with E-state index in [1.807, 2.05) is 42.5 Å². The van der Waals surface area contributed by atoms with Crippen molar-refractivity contribution in [3.63, 3.8) is 0 Å². The van der Waals surface area contributed by atoms with Gasteiger partial charge in [-0.05, 0) is 30.2 Å². The van der Waals surface area contributed by atoms with Gasteiger partial charge in [0.15, 0.2) is 11.4 Å². The minimum Gasteiger partial charge on any atom is -0.375 e. The number of anilines is 1. The molecule has 1 heterocycles. The van der Waals surface area contributed by atoms with Gasteiger partial charge in [-0.2, -0.15) is 0 Å². The van der Waals surface area contributed by atoms with Crippen LogP contribution in [0.15, 0.2) is 83.3 Å². The summed E-state index contributed by atoms with van der Waals surface area (Å²) in [6.07, 6.45) is 0.379. The predicted molar refractivity (Wildman–Crippen MR) is 116 cm³/mol. The van der Waals surface area contributed by atoms with Gasteiger partial charge < -0.3 is 10.0 Å². The van der Waals surface area contributed by atoms with Crippen molar-refractivity contribution in [2.75, 3.05) is 11.4 Å². The fourth-order valence-electron chi connectivity index (χ4n) is 3.76. The summed E-state index contributed by atoms with van der Waals surface area (Å²) < 4.78 is 0.863. The molecule has 1 N–H and O–H groups in total. The zero-order valence-corrected chi connectivity index (χ0v) is 17.3. The number of benzene rings is 3. The van der Waals surface area contributed by atoms with Crippen molar-refractivity contribution in [2.24, 2.45) is 0 Å². The second-order valence-corrected chi connectivity index (χ2v) is 8.09. The number of Topliss-reactive ketones (excluding diaryl/α,β-unsaturated/α-hetero) is 1. The Morgan fingerprint density at radius 1 is 0.931 bits per heavy atom. The molecule has 3 aromatic carbocycles. The van der Waals surface area contributed by atoms with Crippen molar-refractivity contribution in [2.45, 2.75) is 18.4 Å². The Kier molecular flexibility index (Phi) is 5.35. The third kappa shape index (κ3) is 3.76. The summed E-state index contributed by atoms with van der Waals surface area (Å²) in [5, 5.41) is 11.3. The lowest BCUT2D eigenvalue weighted by Gasteiger charge is -2.23. The first-order chi connectivity index (χ1) is 14.0. The Labute approximate surface area is 177 Å². The molecule has 0 saturated heterocycles. The fraction of sp³-hybridized carbons (Fsp3) is 0.167. The maximum atomic E-state index is 13.2. The van der Waals surface area contributed by atoms with E-state index in [1.54, 1.807) is 41.3 Å². The Morgan fingerprint density at radius 2 is 1.59 bits per heavy atom. The fourth-order valence-corrected chi connectivity index (χ4v) is 4.02. The van der Waals surface area contributed by atoms with E-state index in [-0.39, 0.29) is 12.2 Å². The average Bonchev–Trinajstić information content (AvgIpc) is 2.95. The lowest BCUT2D eigenvalue weighted by Crippen LogP contribution is -2.42. The second kappa shape index (κ2) is 7.93. The first-order valence-corrected chi connectivity index (χ1v) is 10.2. The highest BCUT2D eigenvalue weighted by molar-refractivity contribution is 9.10. The van der Waals surface area contributed by atoms with Crippen LogP contribution in [0.1, 0.15) is 27.9 Å². The van der Waals surface area contributed by atoms with Crippen LogP contribution in [0.2, 0.25) is 0 Å². The van der Waals surface area contributed by atoms with Crippen molar-refractivity contribution >= 4 is 33.3 Å². The molecule has 1 aliphatic rings. The van der Waals surface area contributed by atoms with Crippen molar-refractivity contribution in [3.8, 4) is 0 Å². The maximum Gasteiger partial charge on any atom is 0.264 e. The molecule has 0 radical (unpaired) electrons. The third-order valence-corrected chi connectivity index (χ3v) is 5.82. The van der Waals surface area contributed by atoms with Crippen molar-refractivity contribution in [3.05, 3.63) is 100 Å². The zero-order chi connectivity index (χ0) is 20.4. The number of fused-ring (bicyclic) bond motifs is 1. The molecule has 0 aliphatic carbocycles. The molecule has 146 valence electrons. The lowest BCUT2D eigenvalue weighted by atomic mass is 9.88. The van der Waals surface area contributed by atoms with Gasteiger partial charge in [0, 0.05) is 22.1 Å². The summed E-state index contributed by atoms with van der Waals surface area (Å²) in [5.74, 6) is -0.715. The Morgan fingerprint density at radius 3 is 2.31 bits per heavy atom. The summed E-state index contributed by atoms with van der Waals surface area (Å²) in [6.45, 7) is 0.439. The average molecular weight is 450 g/mol. The molecule has 1 amide bonds. The van der Waals surface area contributed by atoms with E-state index >= 15 is 0 Å². The van der Waals surface area contributed by atoms with E-state index in [2.05, 4.69) is 15.9 Å². The largest absolute Gasteiger partial charge is 0.375 e. The first kappa shape index (κ1) is 19.6. The normalized spacial score (nSPS) is 18.0. The van der Waals surface area contributed by atoms with Gasteiger partial charge in [-0.3, -0.25) is 9.59 Å². The van der Waals surface area contributed by atoms with Gasteiger partial charge >= 0.3 is 0 Å². The molecule has 0 bridgehead atoms. The van der Waals surface area contributed by atoms with Crippen LogP contribution in [0.3, 0.4) is 0 Å². The Bertz CT molecular complexity index is 1050. The van der Waals surface area contributed by atoms with Crippen LogP contribution in [0.5, 0.6) is 0 Å². The number of para-hydroxylation sites is 1. The molecule has 0 spiro atoms. The summed E-state index contributed by atoms with van der Waals surface area (Å²) in [6, 6.07) is 24.0. The lowest BCUT2D eigenvalue weighted by molar-refractivity contribution is -0.135. The predicted octanol–water partition coefficient (Wildman–Crippen LogP) is 4.50. The molecule has 0 saturated carbocycles. The van der Waals surface area contributed by atoms with Crippen LogP contribution >= 0.6 is 15.9 Å². The maximum absolute atomic E-state index is 13.2. The van der Waals surface area contributed by atoms with Crippen LogP contribution in [-0.2, 0) is 16.8 Å². The number of ketones is 1. The topological polar surface area (TPSA) is 57.6 Å². The van der Waals surface area contributed by atoms with Crippen molar-refractivity contribution < 1.29 is 14.7 Å². The van der Waals surface area contributed by atoms with Crippen LogP contribution in [0.4, 0.5) is 5.69 Å². The number of amides is 1. The molecule has 4 rings (SSSR count). The van der Waals surface area contributed by atoms with Crippen molar-refractivity contribution in [1.29, 1.82) is 0 Å². The molecule has 29 heavy (non-hydrogen) atoms. The SMILES string of the molecule is O=C(CC1(O)C(=O)N(CCc2ccccc2)c2ccccc21)c1ccc(Br)cc1. The highest BCUT2D eigenvalue weighted by atomic mass is 79.9. The quantitative estimate of drug-likeness (QED) is 0.563.